The number of carbonyl (C=O) groups is 2. The second-order valence-electron chi connectivity index (χ2n) is 3.85. The summed E-state index contributed by atoms with van der Waals surface area (Å²) in [6.07, 6.45) is -0.507. The summed E-state index contributed by atoms with van der Waals surface area (Å²) in [7, 11) is 0. The van der Waals surface area contributed by atoms with E-state index >= 15 is 0 Å². The summed E-state index contributed by atoms with van der Waals surface area (Å²) < 4.78 is 5.08. The van der Waals surface area contributed by atoms with Gasteiger partial charge in [0.05, 0.1) is 12.4 Å². The van der Waals surface area contributed by atoms with Gasteiger partial charge in [0.25, 0.3) is 0 Å². The number of hydrogen-bond donors (Lipinski definition) is 0. The molecule has 0 spiro atoms. The van der Waals surface area contributed by atoms with E-state index in [0.29, 0.717) is 6.42 Å². The maximum atomic E-state index is 11.2. The predicted molar refractivity (Wildman–Crippen MR) is 59.9 cm³/mol. The van der Waals surface area contributed by atoms with Gasteiger partial charge in [0.2, 0.25) is 0 Å². The van der Waals surface area contributed by atoms with Crippen molar-refractivity contribution in [3.8, 4) is 0 Å². The van der Waals surface area contributed by atoms with E-state index in [9.17, 15) is 14.7 Å². The largest absolute Gasteiger partial charge is 0.550 e. The third-order valence-electron chi connectivity index (χ3n) is 2.38. The van der Waals surface area contributed by atoms with Gasteiger partial charge in [0.15, 0.2) is 0 Å². The average molecular weight is 235 g/mol. The highest BCUT2D eigenvalue weighted by atomic mass is 16.5. The van der Waals surface area contributed by atoms with Crippen LogP contribution in [-0.4, -0.2) is 11.9 Å². The molecule has 0 heterocycles. The minimum absolute atomic E-state index is 0.401. The fourth-order valence-corrected chi connectivity index (χ4v) is 1.49. The Balaban J connectivity index is 2.68. The van der Waals surface area contributed by atoms with Crippen LogP contribution in [-0.2, 0) is 14.3 Å². The number of ether oxygens (including phenoxy) is 1. The maximum absolute atomic E-state index is 11.2. The monoisotopic (exact) mass is 235 g/mol. The van der Waals surface area contributed by atoms with Crippen molar-refractivity contribution in [1.29, 1.82) is 0 Å². The summed E-state index contributed by atoms with van der Waals surface area (Å²) in [6, 6.07) is 7.58. The third kappa shape index (κ3) is 4.26. The Morgan fingerprint density at radius 1 is 1.29 bits per heavy atom. The number of rotatable bonds is 5. The van der Waals surface area contributed by atoms with Crippen LogP contribution in [0.5, 0.6) is 0 Å². The number of hydrogen-bond acceptors (Lipinski definition) is 4. The van der Waals surface area contributed by atoms with Crippen LogP contribution < -0.4 is 5.11 Å². The lowest BCUT2D eigenvalue weighted by molar-refractivity contribution is -0.305. The zero-order chi connectivity index (χ0) is 12.8. The number of carboxylic acid groups (broad SMARTS) is 1. The van der Waals surface area contributed by atoms with Gasteiger partial charge in [-0.25, -0.2) is 0 Å². The van der Waals surface area contributed by atoms with E-state index in [1.807, 2.05) is 38.1 Å². The molecule has 17 heavy (non-hydrogen) atoms. The highest BCUT2D eigenvalue weighted by Gasteiger charge is 2.14. The van der Waals surface area contributed by atoms with Crippen LogP contribution in [0.4, 0.5) is 0 Å². The fourth-order valence-electron chi connectivity index (χ4n) is 1.49. The SMILES string of the molecule is CCC(OC(=O)CC(=O)[O-])c1ccc(C)cc1. The van der Waals surface area contributed by atoms with E-state index in [2.05, 4.69) is 0 Å². The van der Waals surface area contributed by atoms with Crippen LogP contribution in [0.25, 0.3) is 0 Å². The van der Waals surface area contributed by atoms with Crippen LogP contribution in [0.2, 0.25) is 0 Å². The summed E-state index contributed by atoms with van der Waals surface area (Å²) in [6.45, 7) is 3.84. The highest BCUT2D eigenvalue weighted by Crippen LogP contribution is 2.21. The fraction of sp³-hybridized carbons (Fsp3) is 0.385. The van der Waals surface area contributed by atoms with Crippen molar-refractivity contribution in [1.82, 2.24) is 0 Å². The first-order chi connectivity index (χ1) is 8.02. The van der Waals surface area contributed by atoms with E-state index < -0.39 is 24.5 Å². The van der Waals surface area contributed by atoms with E-state index in [4.69, 9.17) is 4.74 Å². The molecular formula is C13H15O4-. The van der Waals surface area contributed by atoms with Gasteiger partial charge in [-0.15, -0.1) is 0 Å². The number of esters is 1. The van der Waals surface area contributed by atoms with Crippen molar-refractivity contribution in [2.24, 2.45) is 0 Å². The topological polar surface area (TPSA) is 66.4 Å². The van der Waals surface area contributed by atoms with Crippen LogP contribution >= 0.6 is 0 Å². The molecule has 0 aliphatic rings. The minimum atomic E-state index is -1.42. The zero-order valence-electron chi connectivity index (χ0n) is 9.93. The van der Waals surface area contributed by atoms with E-state index in [1.165, 1.54) is 0 Å². The quantitative estimate of drug-likeness (QED) is 0.566. The van der Waals surface area contributed by atoms with Crippen molar-refractivity contribution in [3.05, 3.63) is 35.4 Å². The molecule has 1 aromatic carbocycles. The number of aliphatic carboxylic acids is 1. The highest BCUT2D eigenvalue weighted by molar-refractivity contribution is 5.89. The molecular weight excluding hydrogens is 220 g/mol. The number of aryl methyl sites for hydroxylation is 1. The van der Waals surface area contributed by atoms with Gasteiger partial charge < -0.3 is 14.6 Å². The van der Waals surface area contributed by atoms with Gasteiger partial charge in [-0.2, -0.15) is 0 Å². The number of carbonyl (C=O) groups excluding carboxylic acids is 2. The second-order valence-corrected chi connectivity index (χ2v) is 3.85. The van der Waals surface area contributed by atoms with Gasteiger partial charge in [-0.1, -0.05) is 36.8 Å². The molecule has 1 atom stereocenters. The number of carboxylic acids is 1. The van der Waals surface area contributed by atoms with Crippen molar-refractivity contribution < 1.29 is 19.4 Å². The summed E-state index contributed by atoms with van der Waals surface area (Å²) >= 11 is 0. The first-order valence-electron chi connectivity index (χ1n) is 5.48. The molecule has 0 fully saturated rings. The van der Waals surface area contributed by atoms with Gasteiger partial charge in [-0.3, -0.25) is 4.79 Å². The Kier molecular flexibility index (Phi) is 4.69. The minimum Gasteiger partial charge on any atom is -0.550 e. The molecule has 0 saturated heterocycles. The van der Waals surface area contributed by atoms with E-state index in [1.54, 1.807) is 0 Å². The Labute approximate surface area is 100 Å². The van der Waals surface area contributed by atoms with Gasteiger partial charge in [0.1, 0.15) is 6.10 Å². The molecule has 0 N–H and O–H groups in total. The summed E-state index contributed by atoms with van der Waals surface area (Å²) in [5, 5.41) is 10.2. The van der Waals surface area contributed by atoms with Crippen LogP contribution in [0, 0.1) is 6.92 Å². The molecule has 0 aromatic heterocycles. The van der Waals surface area contributed by atoms with Gasteiger partial charge in [0, 0.05) is 0 Å². The molecule has 0 saturated carbocycles. The van der Waals surface area contributed by atoms with Crippen molar-refractivity contribution in [2.75, 3.05) is 0 Å². The third-order valence-corrected chi connectivity index (χ3v) is 2.38. The Morgan fingerprint density at radius 3 is 2.35 bits per heavy atom. The van der Waals surface area contributed by atoms with Crippen LogP contribution in [0.1, 0.15) is 37.0 Å². The normalized spacial score (nSPS) is 11.9. The maximum Gasteiger partial charge on any atom is 0.312 e. The Hall–Kier alpha value is -1.84. The molecule has 0 radical (unpaired) electrons. The van der Waals surface area contributed by atoms with E-state index in [-0.39, 0.29) is 0 Å². The van der Waals surface area contributed by atoms with Gasteiger partial charge >= 0.3 is 5.97 Å². The van der Waals surface area contributed by atoms with Crippen molar-refractivity contribution in [3.63, 3.8) is 0 Å². The Bertz CT molecular complexity index is 394. The molecule has 1 aromatic rings. The van der Waals surface area contributed by atoms with Crippen LogP contribution in [0.3, 0.4) is 0 Å². The van der Waals surface area contributed by atoms with Crippen LogP contribution in [0.15, 0.2) is 24.3 Å². The van der Waals surface area contributed by atoms with Gasteiger partial charge in [-0.05, 0) is 18.9 Å². The molecule has 0 bridgehead atoms. The number of benzene rings is 1. The molecule has 92 valence electrons. The van der Waals surface area contributed by atoms with E-state index in [0.717, 1.165) is 11.1 Å². The molecule has 4 nitrogen and oxygen atoms in total. The first-order valence-corrected chi connectivity index (χ1v) is 5.48. The second kappa shape index (κ2) is 6.03. The predicted octanol–water partition coefficient (Wildman–Crippen LogP) is 1.13. The summed E-state index contributed by atoms with van der Waals surface area (Å²) in [5.41, 5.74) is 1.98. The van der Waals surface area contributed by atoms with Crippen molar-refractivity contribution in [2.45, 2.75) is 32.8 Å². The standard InChI is InChI=1S/C13H16O4/c1-3-11(17-13(16)8-12(14)15)10-6-4-9(2)5-7-10/h4-7,11H,3,8H2,1-2H3,(H,14,15)/p-1. The molecule has 0 aliphatic carbocycles. The molecule has 0 amide bonds. The van der Waals surface area contributed by atoms with Crippen molar-refractivity contribution >= 4 is 11.9 Å². The molecule has 0 aliphatic heterocycles. The average Bonchev–Trinajstić information content (AvgIpc) is 2.26. The lowest BCUT2D eigenvalue weighted by Crippen LogP contribution is -2.26. The molecule has 1 unspecified atom stereocenters. The summed E-state index contributed by atoms with van der Waals surface area (Å²) in [4.78, 5) is 21.5. The Morgan fingerprint density at radius 2 is 1.88 bits per heavy atom. The first kappa shape index (κ1) is 13.2. The smallest absolute Gasteiger partial charge is 0.312 e. The summed E-state index contributed by atoms with van der Waals surface area (Å²) in [5.74, 6) is -2.19. The molecule has 4 heteroatoms. The zero-order valence-corrected chi connectivity index (χ0v) is 9.93. The molecule has 1 rings (SSSR count). The lowest BCUT2D eigenvalue weighted by atomic mass is 10.1. The lowest BCUT2D eigenvalue weighted by Gasteiger charge is -2.17.